The molecule has 0 bridgehead atoms. The molecule has 1 saturated carbocycles. The second kappa shape index (κ2) is 10.7. The van der Waals surface area contributed by atoms with Crippen LogP contribution < -0.4 is 10.6 Å². The van der Waals surface area contributed by atoms with E-state index in [0.29, 0.717) is 19.3 Å². The first kappa shape index (κ1) is 23.8. The van der Waals surface area contributed by atoms with Crippen molar-refractivity contribution in [3.63, 3.8) is 0 Å². The maximum Gasteiger partial charge on any atom is 0.407 e. The summed E-state index contributed by atoms with van der Waals surface area (Å²) < 4.78 is 5.66. The summed E-state index contributed by atoms with van der Waals surface area (Å²) in [7, 11) is 0. The first-order chi connectivity index (χ1) is 16.5. The fourth-order valence-corrected chi connectivity index (χ4v) is 5.17. The van der Waals surface area contributed by atoms with Gasteiger partial charge in [-0.1, -0.05) is 68.3 Å². The minimum absolute atomic E-state index is 0.0226. The first-order valence-corrected chi connectivity index (χ1v) is 12.1. The van der Waals surface area contributed by atoms with Crippen LogP contribution in [0.3, 0.4) is 0 Å². The molecule has 0 aromatic heterocycles. The zero-order valence-electron chi connectivity index (χ0n) is 19.5. The molecule has 4 rings (SSSR count). The van der Waals surface area contributed by atoms with Crippen LogP contribution in [0.2, 0.25) is 0 Å². The number of rotatable bonds is 8. The molecule has 1 fully saturated rings. The number of hydrogen-bond acceptors (Lipinski definition) is 4. The van der Waals surface area contributed by atoms with Crippen LogP contribution in [0.25, 0.3) is 11.1 Å². The lowest BCUT2D eigenvalue weighted by atomic mass is 9.84. The van der Waals surface area contributed by atoms with Gasteiger partial charge < -0.3 is 20.5 Å². The van der Waals surface area contributed by atoms with Crippen molar-refractivity contribution in [1.29, 1.82) is 0 Å². The Morgan fingerprint density at radius 1 is 1.00 bits per heavy atom. The fourth-order valence-electron chi connectivity index (χ4n) is 5.17. The van der Waals surface area contributed by atoms with Crippen molar-refractivity contribution in [3.8, 4) is 11.1 Å². The highest BCUT2D eigenvalue weighted by molar-refractivity contribution is 5.81. The number of carbonyl (C=O) groups is 3. The van der Waals surface area contributed by atoms with Gasteiger partial charge in [0.15, 0.2) is 0 Å². The number of carboxylic acids is 1. The molecule has 0 radical (unpaired) electrons. The van der Waals surface area contributed by atoms with Crippen molar-refractivity contribution >= 4 is 18.0 Å². The zero-order chi connectivity index (χ0) is 24.1. The van der Waals surface area contributed by atoms with Crippen LogP contribution in [0, 0.1) is 11.8 Å². The topological polar surface area (TPSA) is 105 Å². The number of ether oxygens (including phenoxy) is 1. The quantitative estimate of drug-likeness (QED) is 0.540. The van der Waals surface area contributed by atoms with Crippen LogP contribution in [0.1, 0.15) is 56.1 Å². The van der Waals surface area contributed by atoms with Crippen LogP contribution in [0.5, 0.6) is 0 Å². The third-order valence-corrected chi connectivity index (χ3v) is 7.11. The maximum atomic E-state index is 12.8. The zero-order valence-corrected chi connectivity index (χ0v) is 19.5. The first-order valence-electron chi connectivity index (χ1n) is 12.1. The van der Waals surface area contributed by atoms with Gasteiger partial charge >= 0.3 is 12.1 Å². The summed E-state index contributed by atoms with van der Waals surface area (Å²) in [6.45, 7) is 2.10. The van der Waals surface area contributed by atoms with Crippen LogP contribution in [0.15, 0.2) is 48.5 Å². The second-order valence-corrected chi connectivity index (χ2v) is 9.16. The SMILES string of the molecule is CCC(CNC(=O)C1CCCCC1NC(=O)OCC1c2ccccc2-c2ccccc21)C(=O)O. The third kappa shape index (κ3) is 5.08. The largest absolute Gasteiger partial charge is 0.481 e. The van der Waals surface area contributed by atoms with Crippen LogP contribution in [0.4, 0.5) is 4.79 Å². The predicted molar refractivity (Wildman–Crippen MR) is 128 cm³/mol. The van der Waals surface area contributed by atoms with Gasteiger partial charge in [-0.2, -0.15) is 0 Å². The van der Waals surface area contributed by atoms with E-state index in [1.807, 2.05) is 24.3 Å². The summed E-state index contributed by atoms with van der Waals surface area (Å²) in [5.41, 5.74) is 4.64. The van der Waals surface area contributed by atoms with Gasteiger partial charge in [-0.3, -0.25) is 9.59 Å². The molecule has 7 nitrogen and oxygen atoms in total. The number of carbonyl (C=O) groups excluding carboxylic acids is 2. The standard InChI is InChI=1S/C27H32N2O5/c1-2-17(26(31)32)15-28-25(30)22-13-7-8-14-24(22)29-27(33)34-16-23-20-11-5-3-9-18(20)19-10-4-6-12-21(19)23/h3-6,9-12,17,22-24H,2,7-8,13-16H2,1H3,(H,28,30)(H,29,33)(H,31,32). The molecule has 2 aromatic carbocycles. The van der Waals surface area contributed by atoms with Gasteiger partial charge in [0.05, 0.1) is 11.8 Å². The second-order valence-electron chi connectivity index (χ2n) is 9.16. The molecular formula is C27H32N2O5. The lowest BCUT2D eigenvalue weighted by Crippen LogP contribution is -2.49. The lowest BCUT2D eigenvalue weighted by molar-refractivity contribution is -0.141. The third-order valence-electron chi connectivity index (χ3n) is 7.11. The Balaban J connectivity index is 1.36. The summed E-state index contributed by atoms with van der Waals surface area (Å²) in [4.78, 5) is 36.7. The Morgan fingerprint density at radius 2 is 1.62 bits per heavy atom. The van der Waals surface area contributed by atoms with E-state index in [0.717, 1.165) is 24.0 Å². The highest BCUT2D eigenvalue weighted by atomic mass is 16.5. The predicted octanol–water partition coefficient (Wildman–Crippen LogP) is 4.31. The number of hydrogen-bond donors (Lipinski definition) is 3. The van der Waals surface area contributed by atoms with E-state index in [4.69, 9.17) is 4.74 Å². The molecule has 0 aliphatic heterocycles. The van der Waals surface area contributed by atoms with Gasteiger partial charge in [-0.15, -0.1) is 0 Å². The van der Waals surface area contributed by atoms with E-state index < -0.39 is 18.0 Å². The Hall–Kier alpha value is -3.35. The average Bonchev–Trinajstić information content (AvgIpc) is 3.17. The van der Waals surface area contributed by atoms with Crippen LogP contribution in [-0.2, 0) is 14.3 Å². The molecule has 34 heavy (non-hydrogen) atoms. The highest BCUT2D eigenvalue weighted by Gasteiger charge is 2.34. The van der Waals surface area contributed by atoms with E-state index in [-0.39, 0.29) is 36.9 Å². The normalized spacial score (nSPS) is 20.0. The number of benzene rings is 2. The highest BCUT2D eigenvalue weighted by Crippen LogP contribution is 2.44. The summed E-state index contributed by atoms with van der Waals surface area (Å²) in [6.07, 6.45) is 3.09. The lowest BCUT2D eigenvalue weighted by Gasteiger charge is -2.31. The van der Waals surface area contributed by atoms with Crippen LogP contribution >= 0.6 is 0 Å². The van der Waals surface area contributed by atoms with Crippen molar-refractivity contribution in [2.45, 2.75) is 51.0 Å². The van der Waals surface area contributed by atoms with Gasteiger partial charge in [0.25, 0.3) is 0 Å². The smallest absolute Gasteiger partial charge is 0.407 e. The Morgan fingerprint density at radius 3 is 2.24 bits per heavy atom. The molecule has 0 heterocycles. The molecule has 0 saturated heterocycles. The van der Waals surface area contributed by atoms with Gasteiger partial charge in [-0.25, -0.2) is 4.79 Å². The van der Waals surface area contributed by atoms with E-state index >= 15 is 0 Å². The van der Waals surface area contributed by atoms with Crippen molar-refractivity contribution in [3.05, 3.63) is 59.7 Å². The fraction of sp³-hybridized carbons (Fsp3) is 0.444. The summed E-state index contributed by atoms with van der Waals surface area (Å²) >= 11 is 0. The average molecular weight is 465 g/mol. The van der Waals surface area contributed by atoms with Gasteiger partial charge in [0.1, 0.15) is 6.61 Å². The number of amides is 2. The van der Waals surface area contributed by atoms with Crippen molar-refractivity contribution < 1.29 is 24.2 Å². The molecular weight excluding hydrogens is 432 g/mol. The minimum Gasteiger partial charge on any atom is -0.481 e. The number of aliphatic carboxylic acids is 1. The monoisotopic (exact) mass is 464 g/mol. The Kier molecular flexibility index (Phi) is 7.50. The molecule has 2 aliphatic carbocycles. The van der Waals surface area contributed by atoms with E-state index in [9.17, 15) is 19.5 Å². The summed E-state index contributed by atoms with van der Waals surface area (Å²) in [5.74, 6) is -2.14. The Bertz CT molecular complexity index is 1010. The van der Waals surface area contributed by atoms with Crippen molar-refractivity contribution in [2.75, 3.05) is 13.2 Å². The molecule has 2 amide bonds. The number of carboxylic acid groups (broad SMARTS) is 1. The molecule has 7 heteroatoms. The molecule has 0 spiro atoms. The van der Waals surface area contributed by atoms with Crippen molar-refractivity contribution in [1.82, 2.24) is 10.6 Å². The molecule has 180 valence electrons. The minimum atomic E-state index is -0.917. The molecule has 2 aliphatic rings. The van der Waals surface area contributed by atoms with E-state index in [1.54, 1.807) is 6.92 Å². The molecule has 3 atom stereocenters. The molecule has 2 aromatic rings. The number of fused-ring (bicyclic) bond motifs is 3. The van der Waals surface area contributed by atoms with Gasteiger partial charge in [-0.05, 0) is 41.5 Å². The maximum absolute atomic E-state index is 12.8. The van der Waals surface area contributed by atoms with Gasteiger partial charge in [0.2, 0.25) is 5.91 Å². The summed E-state index contributed by atoms with van der Waals surface area (Å²) in [5, 5.41) is 14.9. The van der Waals surface area contributed by atoms with Crippen LogP contribution in [-0.4, -0.2) is 42.3 Å². The number of alkyl carbamates (subject to hydrolysis) is 1. The van der Waals surface area contributed by atoms with E-state index in [1.165, 1.54) is 11.1 Å². The number of nitrogens with one attached hydrogen (secondary N) is 2. The Labute approximate surface area is 199 Å². The van der Waals surface area contributed by atoms with Crippen molar-refractivity contribution in [2.24, 2.45) is 11.8 Å². The summed E-state index contributed by atoms with van der Waals surface area (Å²) in [6, 6.07) is 16.0. The van der Waals surface area contributed by atoms with E-state index in [2.05, 4.69) is 34.9 Å². The molecule has 3 unspecified atom stereocenters. The molecule has 3 N–H and O–H groups in total. The van der Waals surface area contributed by atoms with Gasteiger partial charge in [0, 0.05) is 18.5 Å².